The smallest absolute Gasteiger partial charge is 0.191 e. The van der Waals surface area contributed by atoms with E-state index in [-0.39, 0.29) is 0 Å². The van der Waals surface area contributed by atoms with Gasteiger partial charge in [0.1, 0.15) is 10.8 Å². The molecule has 0 fully saturated rings. The summed E-state index contributed by atoms with van der Waals surface area (Å²) in [6.07, 6.45) is 0.906. The molecule has 0 aliphatic carbocycles. The number of rotatable bonds is 8. The molecule has 0 atom stereocenters. The Balaban J connectivity index is 1.63. The van der Waals surface area contributed by atoms with Crippen LogP contribution in [-0.2, 0) is 6.54 Å². The number of aromatic nitrogens is 1. The fourth-order valence-electron chi connectivity index (χ4n) is 2.15. The lowest BCUT2D eigenvalue weighted by Crippen LogP contribution is -2.37. The van der Waals surface area contributed by atoms with Crippen molar-refractivity contribution >= 4 is 17.3 Å². The molecule has 1 aromatic carbocycles. The first-order chi connectivity index (χ1) is 12.1. The zero-order valence-corrected chi connectivity index (χ0v) is 16.3. The topological polar surface area (TPSA) is 58.5 Å². The van der Waals surface area contributed by atoms with Gasteiger partial charge in [0.2, 0.25) is 0 Å². The molecule has 0 saturated carbocycles. The molecule has 1 aromatic heterocycles. The lowest BCUT2D eigenvalue weighted by atomic mass is 10.2. The molecule has 0 spiro atoms. The average molecular weight is 361 g/mol. The lowest BCUT2D eigenvalue weighted by Gasteiger charge is -2.11. The number of aryl methyl sites for hydroxylation is 1. The van der Waals surface area contributed by atoms with Gasteiger partial charge in [-0.1, -0.05) is 31.5 Å². The Morgan fingerprint density at radius 3 is 2.64 bits per heavy atom. The van der Waals surface area contributed by atoms with Crippen molar-refractivity contribution in [2.75, 3.05) is 20.2 Å². The standard InChI is InChI=1S/C19H28N4OS/c1-14(2)17-13-25-18(23-17)12-22-19(20-4)21-10-5-11-24-16-8-6-15(3)7-9-16/h6-9,13-14H,5,10-12H2,1-4H3,(H2,20,21,22). The molecule has 0 bridgehead atoms. The molecular formula is C19H28N4OS. The molecule has 2 aromatic rings. The summed E-state index contributed by atoms with van der Waals surface area (Å²) in [6, 6.07) is 8.12. The molecule has 0 saturated heterocycles. The highest BCUT2D eigenvalue weighted by Gasteiger charge is 2.06. The maximum Gasteiger partial charge on any atom is 0.191 e. The molecule has 136 valence electrons. The van der Waals surface area contributed by atoms with Crippen LogP contribution in [0.25, 0.3) is 0 Å². The minimum absolute atomic E-state index is 0.468. The maximum atomic E-state index is 5.72. The van der Waals surface area contributed by atoms with Gasteiger partial charge in [-0.25, -0.2) is 4.98 Å². The second kappa shape index (κ2) is 10.0. The molecule has 0 aliphatic rings. The molecule has 2 rings (SSSR count). The summed E-state index contributed by atoms with van der Waals surface area (Å²) in [5.74, 6) is 2.17. The predicted octanol–water partition coefficient (Wildman–Crippen LogP) is 3.71. The van der Waals surface area contributed by atoms with Gasteiger partial charge < -0.3 is 15.4 Å². The molecule has 1 heterocycles. The first-order valence-electron chi connectivity index (χ1n) is 8.66. The number of thiazole rings is 1. The van der Waals surface area contributed by atoms with Crippen molar-refractivity contribution in [2.24, 2.45) is 4.99 Å². The third-order valence-corrected chi connectivity index (χ3v) is 4.56. The van der Waals surface area contributed by atoms with Crippen LogP contribution in [0.5, 0.6) is 5.75 Å². The first-order valence-corrected chi connectivity index (χ1v) is 9.54. The van der Waals surface area contributed by atoms with Gasteiger partial charge in [0.05, 0.1) is 18.8 Å². The molecule has 0 aliphatic heterocycles. The molecule has 5 nitrogen and oxygen atoms in total. The molecule has 0 unspecified atom stereocenters. The Morgan fingerprint density at radius 1 is 1.24 bits per heavy atom. The quantitative estimate of drug-likeness (QED) is 0.428. The van der Waals surface area contributed by atoms with Crippen LogP contribution in [0.15, 0.2) is 34.6 Å². The fourth-order valence-corrected chi connectivity index (χ4v) is 3.05. The number of guanidine groups is 1. The number of hydrogen-bond donors (Lipinski definition) is 2. The van der Waals surface area contributed by atoms with Gasteiger partial charge in [0.25, 0.3) is 0 Å². The Labute approximate surface area is 154 Å². The molecular weight excluding hydrogens is 332 g/mol. The zero-order chi connectivity index (χ0) is 18.1. The third-order valence-electron chi connectivity index (χ3n) is 3.69. The highest BCUT2D eigenvalue weighted by Crippen LogP contribution is 2.17. The summed E-state index contributed by atoms with van der Waals surface area (Å²) >= 11 is 1.68. The summed E-state index contributed by atoms with van der Waals surface area (Å²) in [5.41, 5.74) is 2.39. The Bertz CT molecular complexity index is 664. The van der Waals surface area contributed by atoms with Gasteiger partial charge in [-0.3, -0.25) is 4.99 Å². The maximum absolute atomic E-state index is 5.72. The SMILES string of the molecule is CN=C(NCCCOc1ccc(C)cc1)NCc1nc(C(C)C)cs1. The van der Waals surface area contributed by atoms with Crippen LogP contribution < -0.4 is 15.4 Å². The average Bonchev–Trinajstić information content (AvgIpc) is 3.08. The molecule has 25 heavy (non-hydrogen) atoms. The zero-order valence-electron chi connectivity index (χ0n) is 15.5. The highest BCUT2D eigenvalue weighted by molar-refractivity contribution is 7.09. The molecule has 6 heteroatoms. The van der Waals surface area contributed by atoms with Gasteiger partial charge in [-0.2, -0.15) is 0 Å². The number of ether oxygens (including phenoxy) is 1. The van der Waals surface area contributed by atoms with E-state index in [1.165, 1.54) is 5.56 Å². The normalized spacial score (nSPS) is 11.6. The lowest BCUT2D eigenvalue weighted by molar-refractivity contribution is 0.311. The fraction of sp³-hybridized carbons (Fsp3) is 0.474. The summed E-state index contributed by atoms with van der Waals surface area (Å²) < 4.78 is 5.72. The van der Waals surface area contributed by atoms with E-state index in [9.17, 15) is 0 Å². The predicted molar refractivity (Wildman–Crippen MR) is 106 cm³/mol. The second-order valence-electron chi connectivity index (χ2n) is 6.19. The van der Waals surface area contributed by atoms with Crippen molar-refractivity contribution in [3.8, 4) is 5.75 Å². The Hall–Kier alpha value is -2.08. The van der Waals surface area contributed by atoms with Crippen LogP contribution in [0.1, 0.15) is 42.5 Å². The summed E-state index contributed by atoms with van der Waals surface area (Å²) in [6.45, 7) is 8.56. The Morgan fingerprint density at radius 2 is 2.00 bits per heavy atom. The van der Waals surface area contributed by atoms with Gasteiger partial charge in [0, 0.05) is 19.0 Å². The second-order valence-corrected chi connectivity index (χ2v) is 7.13. The van der Waals surface area contributed by atoms with Crippen LogP contribution in [0.3, 0.4) is 0 Å². The van der Waals surface area contributed by atoms with Crippen molar-refractivity contribution in [2.45, 2.75) is 39.7 Å². The minimum Gasteiger partial charge on any atom is -0.494 e. The van der Waals surface area contributed by atoms with Gasteiger partial charge in [-0.15, -0.1) is 11.3 Å². The minimum atomic E-state index is 0.468. The number of aliphatic imine (C=N–C) groups is 1. The van der Waals surface area contributed by atoms with E-state index in [1.807, 2.05) is 12.1 Å². The molecule has 0 amide bonds. The van der Waals surface area contributed by atoms with Crippen LogP contribution in [0.2, 0.25) is 0 Å². The Kier molecular flexibility index (Phi) is 7.73. The van der Waals surface area contributed by atoms with Crippen molar-refractivity contribution in [1.82, 2.24) is 15.6 Å². The van der Waals surface area contributed by atoms with E-state index < -0.39 is 0 Å². The monoisotopic (exact) mass is 360 g/mol. The van der Waals surface area contributed by atoms with Crippen LogP contribution in [-0.4, -0.2) is 31.1 Å². The van der Waals surface area contributed by atoms with Crippen LogP contribution >= 0.6 is 11.3 Å². The number of hydrogen-bond acceptors (Lipinski definition) is 4. The summed E-state index contributed by atoms with van der Waals surface area (Å²) in [5, 5.41) is 9.80. The van der Waals surface area contributed by atoms with Gasteiger partial charge in [0.15, 0.2) is 5.96 Å². The largest absolute Gasteiger partial charge is 0.494 e. The van der Waals surface area contributed by atoms with Crippen molar-refractivity contribution in [1.29, 1.82) is 0 Å². The third kappa shape index (κ3) is 6.74. The highest BCUT2D eigenvalue weighted by atomic mass is 32.1. The molecule has 0 radical (unpaired) electrons. The van der Waals surface area contributed by atoms with E-state index >= 15 is 0 Å². The summed E-state index contributed by atoms with van der Waals surface area (Å²) in [4.78, 5) is 8.86. The van der Waals surface area contributed by atoms with Crippen molar-refractivity contribution in [3.63, 3.8) is 0 Å². The number of nitrogens with one attached hydrogen (secondary N) is 2. The van der Waals surface area contributed by atoms with Crippen molar-refractivity contribution in [3.05, 3.63) is 45.9 Å². The van der Waals surface area contributed by atoms with Gasteiger partial charge >= 0.3 is 0 Å². The van der Waals surface area contributed by atoms with E-state index in [1.54, 1.807) is 18.4 Å². The van der Waals surface area contributed by atoms with E-state index in [0.717, 1.165) is 35.4 Å². The number of nitrogens with zero attached hydrogens (tertiary/aromatic N) is 2. The van der Waals surface area contributed by atoms with E-state index in [4.69, 9.17) is 4.74 Å². The van der Waals surface area contributed by atoms with E-state index in [2.05, 4.69) is 58.9 Å². The van der Waals surface area contributed by atoms with Crippen molar-refractivity contribution < 1.29 is 4.74 Å². The number of benzene rings is 1. The van der Waals surface area contributed by atoms with Crippen LogP contribution in [0, 0.1) is 6.92 Å². The van der Waals surface area contributed by atoms with Crippen LogP contribution in [0.4, 0.5) is 0 Å². The van der Waals surface area contributed by atoms with Gasteiger partial charge in [-0.05, 0) is 31.4 Å². The molecule has 2 N–H and O–H groups in total. The van der Waals surface area contributed by atoms with E-state index in [0.29, 0.717) is 19.1 Å². The summed E-state index contributed by atoms with van der Waals surface area (Å²) in [7, 11) is 1.78. The first kappa shape index (κ1) is 19.2.